The van der Waals surface area contributed by atoms with Crippen LogP contribution in [0.3, 0.4) is 0 Å². The molecule has 5 nitrogen and oxygen atoms in total. The molecule has 0 atom stereocenters. The number of aromatic nitrogens is 2. The lowest BCUT2D eigenvalue weighted by Gasteiger charge is -2.45. The lowest BCUT2D eigenvalue weighted by Crippen LogP contribution is -2.53. The van der Waals surface area contributed by atoms with Gasteiger partial charge in [0.15, 0.2) is 0 Å². The van der Waals surface area contributed by atoms with Crippen LogP contribution in [0, 0.1) is 6.92 Å². The van der Waals surface area contributed by atoms with Crippen LogP contribution in [0.4, 0.5) is 5.82 Å². The van der Waals surface area contributed by atoms with Gasteiger partial charge in [-0.25, -0.2) is 9.97 Å². The van der Waals surface area contributed by atoms with E-state index in [2.05, 4.69) is 27.2 Å². The summed E-state index contributed by atoms with van der Waals surface area (Å²) < 4.78 is 0. The number of hydrogen-bond acceptors (Lipinski definition) is 5. The van der Waals surface area contributed by atoms with Gasteiger partial charge in [-0.05, 0) is 26.8 Å². The Morgan fingerprint density at radius 1 is 1.30 bits per heavy atom. The lowest BCUT2D eigenvalue weighted by molar-refractivity contribution is 0.0690. The van der Waals surface area contributed by atoms with Crippen LogP contribution in [-0.2, 0) is 0 Å². The van der Waals surface area contributed by atoms with Crippen LogP contribution in [0.1, 0.15) is 37.8 Å². The third kappa shape index (κ3) is 3.67. The Morgan fingerprint density at radius 2 is 2.05 bits per heavy atom. The van der Waals surface area contributed by atoms with Gasteiger partial charge in [0.25, 0.3) is 0 Å². The number of hydrogen-bond donors (Lipinski definition) is 2. The van der Waals surface area contributed by atoms with Gasteiger partial charge in [-0.15, -0.1) is 0 Å². The van der Waals surface area contributed by atoms with E-state index in [1.54, 1.807) is 6.33 Å². The Balaban J connectivity index is 2.04. The Bertz CT molecular complexity index is 418. The fourth-order valence-electron chi connectivity index (χ4n) is 3.10. The van der Waals surface area contributed by atoms with Gasteiger partial charge in [0.1, 0.15) is 12.1 Å². The molecule has 1 heterocycles. The number of nitrogens with one attached hydrogen (secondary N) is 1. The maximum atomic E-state index is 9.22. The van der Waals surface area contributed by atoms with Gasteiger partial charge >= 0.3 is 0 Å². The fourth-order valence-corrected chi connectivity index (χ4v) is 3.10. The Morgan fingerprint density at radius 3 is 2.70 bits per heavy atom. The van der Waals surface area contributed by atoms with Crippen molar-refractivity contribution >= 4 is 5.82 Å². The maximum Gasteiger partial charge on any atom is 0.129 e. The van der Waals surface area contributed by atoms with Crippen molar-refractivity contribution in [1.29, 1.82) is 0 Å². The van der Waals surface area contributed by atoms with Crippen LogP contribution in [0.15, 0.2) is 12.4 Å². The van der Waals surface area contributed by atoms with E-state index < -0.39 is 0 Å². The molecule has 1 aliphatic carbocycles. The first-order valence-corrected chi connectivity index (χ1v) is 7.51. The SMILES string of the molecule is Cc1cc(NCC2(N(C)CCO)CCCCC2)ncn1. The number of rotatable bonds is 6. The number of aliphatic hydroxyl groups is 1. The van der Waals surface area contributed by atoms with E-state index in [4.69, 9.17) is 0 Å². The van der Waals surface area contributed by atoms with Crippen molar-refractivity contribution < 1.29 is 5.11 Å². The van der Waals surface area contributed by atoms with Crippen LogP contribution in [0.25, 0.3) is 0 Å². The maximum absolute atomic E-state index is 9.22. The number of anilines is 1. The molecule has 0 aliphatic heterocycles. The van der Waals surface area contributed by atoms with Crippen LogP contribution in [0.5, 0.6) is 0 Å². The van der Waals surface area contributed by atoms with Crippen molar-refractivity contribution in [2.45, 2.75) is 44.6 Å². The van der Waals surface area contributed by atoms with Gasteiger partial charge < -0.3 is 10.4 Å². The molecule has 1 fully saturated rings. The highest BCUT2D eigenvalue weighted by molar-refractivity contribution is 5.35. The number of aliphatic hydroxyl groups excluding tert-OH is 1. The summed E-state index contributed by atoms with van der Waals surface area (Å²) in [4.78, 5) is 10.7. The molecule has 1 saturated carbocycles. The van der Waals surface area contributed by atoms with Crippen molar-refractivity contribution in [2.24, 2.45) is 0 Å². The van der Waals surface area contributed by atoms with Crippen molar-refractivity contribution in [3.05, 3.63) is 18.1 Å². The monoisotopic (exact) mass is 278 g/mol. The highest BCUT2D eigenvalue weighted by Gasteiger charge is 2.35. The summed E-state index contributed by atoms with van der Waals surface area (Å²) in [5.41, 5.74) is 1.11. The van der Waals surface area contributed by atoms with E-state index >= 15 is 0 Å². The number of nitrogens with zero attached hydrogens (tertiary/aromatic N) is 3. The van der Waals surface area contributed by atoms with Crippen molar-refractivity contribution in [3.8, 4) is 0 Å². The summed E-state index contributed by atoms with van der Waals surface area (Å²) in [6, 6.07) is 1.97. The van der Waals surface area contributed by atoms with E-state index in [1.165, 1.54) is 32.1 Å². The molecule has 0 saturated heterocycles. The molecule has 0 amide bonds. The minimum Gasteiger partial charge on any atom is -0.395 e. The molecule has 0 spiro atoms. The van der Waals surface area contributed by atoms with Crippen molar-refractivity contribution in [1.82, 2.24) is 14.9 Å². The number of β-amino-alcohol motifs (C(OH)–C–C–N with tert-alkyl or cyclic N) is 1. The van der Waals surface area contributed by atoms with E-state index in [0.717, 1.165) is 24.6 Å². The van der Waals surface area contributed by atoms with Crippen molar-refractivity contribution in [3.63, 3.8) is 0 Å². The first-order valence-electron chi connectivity index (χ1n) is 7.51. The van der Waals surface area contributed by atoms with Gasteiger partial charge in [-0.2, -0.15) is 0 Å². The third-order valence-corrected chi connectivity index (χ3v) is 4.43. The Kier molecular flexibility index (Phi) is 5.31. The predicted molar refractivity (Wildman–Crippen MR) is 80.8 cm³/mol. The molecule has 0 radical (unpaired) electrons. The molecule has 0 unspecified atom stereocenters. The quantitative estimate of drug-likeness (QED) is 0.831. The average molecular weight is 278 g/mol. The summed E-state index contributed by atoms with van der Waals surface area (Å²) >= 11 is 0. The summed E-state index contributed by atoms with van der Waals surface area (Å²) in [6.07, 6.45) is 7.81. The normalized spacial score (nSPS) is 18.2. The smallest absolute Gasteiger partial charge is 0.129 e. The molecular formula is C15H26N4O. The van der Waals surface area contributed by atoms with Crippen LogP contribution in [0.2, 0.25) is 0 Å². The largest absolute Gasteiger partial charge is 0.395 e. The first kappa shape index (κ1) is 15.2. The zero-order chi connectivity index (χ0) is 14.4. The second-order valence-corrected chi connectivity index (χ2v) is 5.83. The van der Waals surface area contributed by atoms with Gasteiger partial charge in [0.2, 0.25) is 0 Å². The zero-order valence-corrected chi connectivity index (χ0v) is 12.6. The second kappa shape index (κ2) is 6.99. The zero-order valence-electron chi connectivity index (χ0n) is 12.6. The molecule has 0 bridgehead atoms. The van der Waals surface area contributed by atoms with Gasteiger partial charge in [0.05, 0.1) is 6.61 Å². The van der Waals surface area contributed by atoms with Crippen LogP contribution < -0.4 is 5.32 Å². The molecule has 0 aromatic carbocycles. The van der Waals surface area contributed by atoms with Crippen LogP contribution in [-0.4, -0.2) is 52.3 Å². The molecule has 1 aliphatic rings. The summed E-state index contributed by atoms with van der Waals surface area (Å²) in [5.74, 6) is 0.889. The minimum absolute atomic E-state index is 0.139. The number of likely N-dealkylation sites (N-methyl/N-ethyl adjacent to an activating group) is 1. The Labute approximate surface area is 121 Å². The molecule has 112 valence electrons. The standard InChI is InChI=1S/C15H26N4O/c1-13-10-14(18-12-17-13)16-11-15(19(2)8-9-20)6-4-3-5-7-15/h10,12,20H,3-9,11H2,1-2H3,(H,16,17,18). The highest BCUT2D eigenvalue weighted by atomic mass is 16.3. The van der Waals surface area contributed by atoms with E-state index in [9.17, 15) is 5.11 Å². The van der Waals surface area contributed by atoms with Gasteiger partial charge in [0, 0.05) is 30.4 Å². The molecule has 1 aromatic heterocycles. The molecule has 2 rings (SSSR count). The van der Waals surface area contributed by atoms with E-state index in [1.807, 2.05) is 13.0 Å². The third-order valence-electron chi connectivity index (χ3n) is 4.43. The topological polar surface area (TPSA) is 61.3 Å². The highest BCUT2D eigenvalue weighted by Crippen LogP contribution is 2.33. The van der Waals surface area contributed by atoms with E-state index in [0.29, 0.717) is 0 Å². The van der Waals surface area contributed by atoms with Gasteiger partial charge in [-0.1, -0.05) is 19.3 Å². The summed E-state index contributed by atoms with van der Waals surface area (Å²) in [5, 5.41) is 12.7. The van der Waals surface area contributed by atoms with E-state index in [-0.39, 0.29) is 12.1 Å². The second-order valence-electron chi connectivity index (χ2n) is 5.83. The molecule has 2 N–H and O–H groups in total. The lowest BCUT2D eigenvalue weighted by atomic mass is 9.80. The fraction of sp³-hybridized carbons (Fsp3) is 0.733. The molecule has 1 aromatic rings. The van der Waals surface area contributed by atoms with Gasteiger partial charge in [-0.3, -0.25) is 4.90 Å². The predicted octanol–water partition coefficient (Wildman–Crippen LogP) is 1.82. The molecular weight excluding hydrogens is 252 g/mol. The van der Waals surface area contributed by atoms with Crippen LogP contribution >= 0.6 is 0 Å². The van der Waals surface area contributed by atoms with Crippen molar-refractivity contribution in [2.75, 3.05) is 32.1 Å². The first-order chi connectivity index (χ1) is 9.66. The Hall–Kier alpha value is -1.20. The minimum atomic E-state index is 0.139. The molecule has 5 heteroatoms. The average Bonchev–Trinajstić information content (AvgIpc) is 2.46. The molecule has 20 heavy (non-hydrogen) atoms. The summed E-state index contributed by atoms with van der Waals surface area (Å²) in [6.45, 7) is 3.79. The summed E-state index contributed by atoms with van der Waals surface area (Å²) in [7, 11) is 2.12. The number of aryl methyl sites for hydroxylation is 1.